The Bertz CT molecular complexity index is 994. The van der Waals surface area contributed by atoms with Gasteiger partial charge in [-0.2, -0.15) is 0 Å². The van der Waals surface area contributed by atoms with E-state index in [4.69, 9.17) is 4.74 Å². The Kier molecular flexibility index (Phi) is 7.42. The Morgan fingerprint density at radius 3 is 2.72 bits per heavy atom. The third kappa shape index (κ3) is 5.91. The third-order valence-electron chi connectivity index (χ3n) is 3.77. The van der Waals surface area contributed by atoms with E-state index in [0.717, 1.165) is 4.47 Å². The number of halogens is 2. The van der Waals surface area contributed by atoms with Gasteiger partial charge in [-0.1, -0.05) is 45.9 Å². The molecule has 0 radical (unpaired) electrons. The van der Waals surface area contributed by atoms with E-state index in [1.54, 1.807) is 18.2 Å². The second-order valence-corrected chi connectivity index (χ2v) is 7.72. The van der Waals surface area contributed by atoms with Gasteiger partial charge in [0.25, 0.3) is 0 Å². The van der Waals surface area contributed by atoms with E-state index in [1.165, 1.54) is 23.9 Å². The number of carbonyl (C=O) groups excluding carboxylic acids is 1. The average molecular weight is 477 g/mol. The highest BCUT2D eigenvalue weighted by atomic mass is 79.9. The quantitative estimate of drug-likeness (QED) is 0.358. The van der Waals surface area contributed by atoms with E-state index in [9.17, 15) is 9.18 Å². The largest absolute Gasteiger partial charge is 0.486 e. The van der Waals surface area contributed by atoms with Crippen molar-refractivity contribution in [2.75, 3.05) is 11.1 Å². The molecule has 0 saturated heterocycles. The number of aromatic nitrogens is 3. The number of nitrogens with one attached hydrogen (secondary N) is 1. The number of amides is 1. The van der Waals surface area contributed by atoms with Crippen LogP contribution in [0.15, 0.2) is 70.8 Å². The molecule has 0 spiro atoms. The lowest BCUT2D eigenvalue weighted by molar-refractivity contribution is -0.113. The molecule has 1 N–H and O–H groups in total. The summed E-state index contributed by atoms with van der Waals surface area (Å²) in [6.07, 6.45) is 1.72. The molecule has 0 aliphatic rings. The molecular formula is C20H18BrFN4O2S. The summed E-state index contributed by atoms with van der Waals surface area (Å²) >= 11 is 4.59. The van der Waals surface area contributed by atoms with Crippen LogP contribution in [0.2, 0.25) is 0 Å². The number of hydrogen-bond acceptors (Lipinski definition) is 5. The van der Waals surface area contributed by atoms with Gasteiger partial charge in [0.05, 0.1) is 11.4 Å². The van der Waals surface area contributed by atoms with E-state index < -0.39 is 5.82 Å². The maximum Gasteiger partial charge on any atom is 0.234 e. The molecule has 0 fully saturated rings. The van der Waals surface area contributed by atoms with E-state index in [-0.39, 0.29) is 24.0 Å². The number of allylic oxidation sites excluding steroid dienone is 1. The molecular weight excluding hydrogens is 459 g/mol. The molecule has 1 heterocycles. The standard InChI is InChI=1S/C20H18BrFN4O2S/c1-2-11-26-18(12-28-15-9-7-14(21)8-10-15)24-25-20(26)29-13-19(27)23-17-6-4-3-5-16(17)22/h2-10H,1,11-13H2,(H,23,27). The van der Waals surface area contributed by atoms with Gasteiger partial charge >= 0.3 is 0 Å². The zero-order valence-electron chi connectivity index (χ0n) is 15.3. The van der Waals surface area contributed by atoms with Crippen molar-refractivity contribution in [2.24, 2.45) is 0 Å². The minimum atomic E-state index is -0.479. The molecule has 0 unspecified atom stereocenters. The van der Waals surface area contributed by atoms with Crippen LogP contribution in [0.25, 0.3) is 0 Å². The van der Waals surface area contributed by atoms with Gasteiger partial charge in [0.15, 0.2) is 11.0 Å². The van der Waals surface area contributed by atoms with Crippen LogP contribution in [0.4, 0.5) is 10.1 Å². The summed E-state index contributed by atoms with van der Waals surface area (Å²) in [5, 5.41) is 11.4. The minimum absolute atomic E-state index is 0.0666. The Hall–Kier alpha value is -2.65. The number of carbonyl (C=O) groups is 1. The van der Waals surface area contributed by atoms with Gasteiger partial charge in [0, 0.05) is 11.0 Å². The number of thioether (sulfide) groups is 1. The van der Waals surface area contributed by atoms with Crippen molar-refractivity contribution in [3.05, 3.63) is 77.3 Å². The summed E-state index contributed by atoms with van der Waals surface area (Å²) in [4.78, 5) is 12.1. The van der Waals surface area contributed by atoms with E-state index >= 15 is 0 Å². The first-order valence-electron chi connectivity index (χ1n) is 8.65. The SMILES string of the molecule is C=CCn1c(COc2ccc(Br)cc2)nnc1SCC(=O)Nc1ccccc1F. The highest BCUT2D eigenvalue weighted by Gasteiger charge is 2.15. The van der Waals surface area contributed by atoms with Gasteiger partial charge in [-0.15, -0.1) is 16.8 Å². The van der Waals surface area contributed by atoms with Crippen LogP contribution >= 0.6 is 27.7 Å². The maximum atomic E-state index is 13.7. The second kappa shape index (κ2) is 10.2. The summed E-state index contributed by atoms with van der Waals surface area (Å²) < 4.78 is 22.2. The van der Waals surface area contributed by atoms with Crippen molar-refractivity contribution in [3.8, 4) is 5.75 Å². The van der Waals surface area contributed by atoms with Crippen LogP contribution in [-0.2, 0) is 17.9 Å². The lowest BCUT2D eigenvalue weighted by Crippen LogP contribution is -2.15. The van der Waals surface area contributed by atoms with Crippen LogP contribution in [-0.4, -0.2) is 26.4 Å². The summed E-state index contributed by atoms with van der Waals surface area (Å²) in [5.74, 6) is 0.579. The Morgan fingerprint density at radius 2 is 2.00 bits per heavy atom. The molecule has 150 valence electrons. The molecule has 0 atom stereocenters. The number of nitrogens with zero attached hydrogens (tertiary/aromatic N) is 3. The number of hydrogen-bond donors (Lipinski definition) is 1. The van der Waals surface area contributed by atoms with E-state index in [2.05, 4.69) is 38.0 Å². The fourth-order valence-corrected chi connectivity index (χ4v) is 3.43. The monoisotopic (exact) mass is 476 g/mol. The Balaban J connectivity index is 1.61. The van der Waals surface area contributed by atoms with E-state index in [1.807, 2.05) is 28.8 Å². The Labute approximate surface area is 180 Å². The highest BCUT2D eigenvalue weighted by Crippen LogP contribution is 2.21. The molecule has 9 heteroatoms. The summed E-state index contributed by atoms with van der Waals surface area (Å²) in [6, 6.07) is 13.5. The molecule has 29 heavy (non-hydrogen) atoms. The number of para-hydroxylation sites is 1. The zero-order chi connectivity index (χ0) is 20.6. The van der Waals surface area contributed by atoms with Crippen molar-refractivity contribution in [3.63, 3.8) is 0 Å². The van der Waals surface area contributed by atoms with Crippen LogP contribution in [0, 0.1) is 5.82 Å². The molecule has 2 aromatic carbocycles. The van der Waals surface area contributed by atoms with Gasteiger partial charge in [0.2, 0.25) is 5.91 Å². The van der Waals surface area contributed by atoms with Crippen molar-refractivity contribution in [1.29, 1.82) is 0 Å². The molecule has 0 aliphatic heterocycles. The minimum Gasteiger partial charge on any atom is -0.486 e. The lowest BCUT2D eigenvalue weighted by Gasteiger charge is -2.09. The lowest BCUT2D eigenvalue weighted by atomic mass is 10.3. The van der Waals surface area contributed by atoms with Gasteiger partial charge in [-0.3, -0.25) is 9.36 Å². The normalized spacial score (nSPS) is 10.6. The number of benzene rings is 2. The van der Waals surface area contributed by atoms with Crippen molar-refractivity contribution in [1.82, 2.24) is 14.8 Å². The number of rotatable bonds is 9. The van der Waals surface area contributed by atoms with E-state index in [0.29, 0.717) is 23.3 Å². The zero-order valence-corrected chi connectivity index (χ0v) is 17.7. The highest BCUT2D eigenvalue weighted by molar-refractivity contribution is 9.10. The molecule has 0 bridgehead atoms. The molecule has 6 nitrogen and oxygen atoms in total. The summed E-state index contributed by atoms with van der Waals surface area (Å²) in [7, 11) is 0. The molecule has 1 aromatic heterocycles. The molecule has 0 aliphatic carbocycles. The fourth-order valence-electron chi connectivity index (χ4n) is 2.40. The van der Waals surface area contributed by atoms with Gasteiger partial charge < -0.3 is 10.1 Å². The van der Waals surface area contributed by atoms with Gasteiger partial charge in [-0.25, -0.2) is 4.39 Å². The summed E-state index contributed by atoms with van der Waals surface area (Å²) in [6.45, 7) is 4.46. The predicted molar refractivity (Wildman–Crippen MR) is 114 cm³/mol. The fraction of sp³-hybridized carbons (Fsp3) is 0.150. The van der Waals surface area contributed by atoms with Gasteiger partial charge in [0.1, 0.15) is 18.2 Å². The third-order valence-corrected chi connectivity index (χ3v) is 5.26. The first-order chi connectivity index (χ1) is 14.1. The molecule has 0 saturated carbocycles. The Morgan fingerprint density at radius 1 is 1.24 bits per heavy atom. The second-order valence-electron chi connectivity index (χ2n) is 5.86. The first-order valence-corrected chi connectivity index (χ1v) is 10.4. The van der Waals surface area contributed by atoms with Crippen LogP contribution in [0.3, 0.4) is 0 Å². The smallest absolute Gasteiger partial charge is 0.234 e. The molecule has 1 amide bonds. The first kappa shape index (κ1) is 21.1. The van der Waals surface area contributed by atoms with Crippen molar-refractivity contribution in [2.45, 2.75) is 18.3 Å². The predicted octanol–water partition coefficient (Wildman–Crippen LogP) is 4.68. The van der Waals surface area contributed by atoms with Crippen LogP contribution < -0.4 is 10.1 Å². The van der Waals surface area contributed by atoms with Crippen LogP contribution in [0.1, 0.15) is 5.82 Å². The molecule has 3 rings (SSSR count). The average Bonchev–Trinajstić information content (AvgIpc) is 3.10. The number of ether oxygens (including phenoxy) is 1. The summed E-state index contributed by atoms with van der Waals surface area (Å²) in [5.41, 5.74) is 0.147. The van der Waals surface area contributed by atoms with Gasteiger partial charge in [-0.05, 0) is 36.4 Å². The van der Waals surface area contributed by atoms with Crippen molar-refractivity contribution >= 4 is 39.3 Å². The number of anilines is 1. The molecule has 3 aromatic rings. The maximum absolute atomic E-state index is 13.7. The van der Waals surface area contributed by atoms with Crippen LogP contribution in [0.5, 0.6) is 5.75 Å². The topological polar surface area (TPSA) is 69.0 Å². The van der Waals surface area contributed by atoms with Crippen molar-refractivity contribution < 1.29 is 13.9 Å².